The van der Waals surface area contributed by atoms with E-state index in [1.807, 2.05) is 56.5 Å². The summed E-state index contributed by atoms with van der Waals surface area (Å²) in [4.78, 5) is 13.2. The smallest absolute Gasteiger partial charge is 0.194 e. The Balaban J connectivity index is 0.00000364. The van der Waals surface area contributed by atoms with Gasteiger partial charge in [0.15, 0.2) is 5.96 Å². The number of methoxy groups -OCH3 is 1. The molecule has 7 heteroatoms. The van der Waals surface area contributed by atoms with Crippen LogP contribution in [-0.4, -0.2) is 50.6 Å². The molecule has 27 heavy (non-hydrogen) atoms. The standard InChI is InChI=1S/C20H29N5O.HI/c1-6-21-20(23-14-16-11-12-22-19(13-16)24(2)3)25(4)15-17-9-7-8-10-18(17)26-5;/h7-13H,6,14-15H2,1-5H3,(H,21,23);1H. The maximum Gasteiger partial charge on any atom is 0.194 e. The van der Waals surface area contributed by atoms with Crippen LogP contribution in [-0.2, 0) is 13.1 Å². The normalized spacial score (nSPS) is 10.8. The molecule has 0 spiro atoms. The number of anilines is 1. The minimum absolute atomic E-state index is 0. The number of aromatic nitrogens is 1. The number of hydrogen-bond donors (Lipinski definition) is 1. The molecule has 0 fully saturated rings. The lowest BCUT2D eigenvalue weighted by Crippen LogP contribution is -2.38. The van der Waals surface area contributed by atoms with Gasteiger partial charge in [-0.25, -0.2) is 9.98 Å². The first-order chi connectivity index (χ1) is 12.5. The molecule has 0 aliphatic rings. The number of ether oxygens (including phenoxy) is 1. The minimum atomic E-state index is 0. The van der Waals surface area contributed by atoms with Crippen LogP contribution in [0.15, 0.2) is 47.6 Å². The molecule has 0 radical (unpaired) electrons. The predicted molar refractivity (Wildman–Crippen MR) is 123 cm³/mol. The second-order valence-electron chi connectivity index (χ2n) is 6.25. The van der Waals surface area contributed by atoms with E-state index in [0.29, 0.717) is 6.54 Å². The lowest BCUT2D eigenvalue weighted by Gasteiger charge is -2.23. The summed E-state index contributed by atoms with van der Waals surface area (Å²) in [5.74, 6) is 2.69. The highest BCUT2D eigenvalue weighted by Crippen LogP contribution is 2.19. The van der Waals surface area contributed by atoms with Crippen LogP contribution >= 0.6 is 24.0 Å². The number of nitrogens with one attached hydrogen (secondary N) is 1. The highest BCUT2D eigenvalue weighted by Gasteiger charge is 2.10. The van der Waals surface area contributed by atoms with E-state index in [9.17, 15) is 0 Å². The molecule has 2 aromatic rings. The van der Waals surface area contributed by atoms with Crippen molar-refractivity contribution in [3.8, 4) is 5.75 Å². The Morgan fingerprint density at radius 2 is 1.93 bits per heavy atom. The lowest BCUT2D eigenvalue weighted by atomic mass is 10.2. The van der Waals surface area contributed by atoms with Crippen molar-refractivity contribution in [2.24, 2.45) is 4.99 Å². The van der Waals surface area contributed by atoms with Gasteiger partial charge in [0.1, 0.15) is 11.6 Å². The summed E-state index contributed by atoms with van der Waals surface area (Å²) in [5, 5.41) is 3.36. The Kier molecular flexibility index (Phi) is 9.92. The molecule has 1 heterocycles. The molecule has 148 valence electrons. The van der Waals surface area contributed by atoms with E-state index in [4.69, 9.17) is 9.73 Å². The van der Waals surface area contributed by atoms with Crippen LogP contribution in [0.25, 0.3) is 0 Å². The molecule has 0 bridgehead atoms. The Morgan fingerprint density at radius 3 is 2.59 bits per heavy atom. The Morgan fingerprint density at radius 1 is 1.19 bits per heavy atom. The van der Waals surface area contributed by atoms with Crippen molar-refractivity contribution < 1.29 is 4.74 Å². The van der Waals surface area contributed by atoms with E-state index in [2.05, 4.69) is 34.3 Å². The first-order valence-corrected chi connectivity index (χ1v) is 8.78. The SMILES string of the molecule is CCNC(=NCc1ccnc(N(C)C)c1)N(C)Cc1ccccc1OC.I. The third-order valence-electron chi connectivity index (χ3n) is 3.98. The van der Waals surface area contributed by atoms with Crippen molar-refractivity contribution >= 4 is 35.8 Å². The highest BCUT2D eigenvalue weighted by atomic mass is 127. The molecule has 0 aliphatic carbocycles. The number of guanidine groups is 1. The van der Waals surface area contributed by atoms with E-state index in [0.717, 1.165) is 41.7 Å². The minimum Gasteiger partial charge on any atom is -0.496 e. The second kappa shape index (κ2) is 11.6. The number of rotatable bonds is 7. The third-order valence-corrected chi connectivity index (χ3v) is 3.98. The van der Waals surface area contributed by atoms with Crippen LogP contribution < -0.4 is 15.0 Å². The van der Waals surface area contributed by atoms with E-state index in [1.165, 1.54) is 0 Å². The molecule has 0 atom stereocenters. The molecule has 1 aromatic heterocycles. The summed E-state index contributed by atoms with van der Waals surface area (Å²) in [6, 6.07) is 12.1. The average molecular weight is 483 g/mol. The molecular weight excluding hydrogens is 453 g/mol. The fourth-order valence-corrected chi connectivity index (χ4v) is 2.60. The van der Waals surface area contributed by atoms with Gasteiger partial charge >= 0.3 is 0 Å². The maximum atomic E-state index is 5.45. The van der Waals surface area contributed by atoms with Crippen molar-refractivity contribution in [3.05, 3.63) is 53.7 Å². The van der Waals surface area contributed by atoms with Gasteiger partial charge in [-0.3, -0.25) is 0 Å². The van der Waals surface area contributed by atoms with Crippen molar-refractivity contribution in [1.29, 1.82) is 0 Å². The topological polar surface area (TPSA) is 53.0 Å². The summed E-state index contributed by atoms with van der Waals surface area (Å²) in [7, 11) is 7.70. The summed E-state index contributed by atoms with van der Waals surface area (Å²) >= 11 is 0. The largest absolute Gasteiger partial charge is 0.496 e. The number of nitrogens with zero attached hydrogens (tertiary/aromatic N) is 4. The molecular formula is C20H30IN5O. The van der Waals surface area contributed by atoms with Crippen molar-refractivity contribution in [1.82, 2.24) is 15.2 Å². The van der Waals surface area contributed by atoms with Crippen molar-refractivity contribution in [2.75, 3.05) is 39.7 Å². The number of para-hydroxylation sites is 1. The fraction of sp³-hybridized carbons (Fsp3) is 0.400. The van der Waals surface area contributed by atoms with Crippen LogP contribution in [0.1, 0.15) is 18.1 Å². The van der Waals surface area contributed by atoms with Crippen LogP contribution in [0.5, 0.6) is 5.75 Å². The van der Waals surface area contributed by atoms with Gasteiger partial charge < -0.3 is 19.9 Å². The van der Waals surface area contributed by atoms with Gasteiger partial charge in [0.05, 0.1) is 13.7 Å². The van der Waals surface area contributed by atoms with E-state index < -0.39 is 0 Å². The lowest BCUT2D eigenvalue weighted by molar-refractivity contribution is 0.396. The first-order valence-electron chi connectivity index (χ1n) is 8.78. The third kappa shape index (κ3) is 6.89. The molecule has 0 amide bonds. The Hall–Kier alpha value is -2.03. The van der Waals surface area contributed by atoms with Crippen molar-refractivity contribution in [3.63, 3.8) is 0 Å². The van der Waals surface area contributed by atoms with Crippen LogP contribution in [0.3, 0.4) is 0 Å². The molecule has 2 rings (SSSR count). The zero-order valence-corrected chi connectivity index (χ0v) is 19.1. The maximum absolute atomic E-state index is 5.45. The fourth-order valence-electron chi connectivity index (χ4n) is 2.60. The van der Waals surface area contributed by atoms with Gasteiger partial charge in [0, 0.05) is 46.0 Å². The van der Waals surface area contributed by atoms with E-state index in [1.54, 1.807) is 7.11 Å². The number of benzene rings is 1. The number of aliphatic imine (C=N–C) groups is 1. The van der Waals surface area contributed by atoms with Gasteiger partial charge in [-0.2, -0.15) is 0 Å². The summed E-state index contributed by atoms with van der Waals surface area (Å²) < 4.78 is 5.45. The molecule has 1 aromatic carbocycles. The quantitative estimate of drug-likeness (QED) is 0.372. The Bertz CT molecular complexity index is 736. The number of pyridine rings is 1. The summed E-state index contributed by atoms with van der Waals surface area (Å²) in [5.41, 5.74) is 2.26. The monoisotopic (exact) mass is 483 g/mol. The Labute approximate surface area is 179 Å². The van der Waals surface area contributed by atoms with Gasteiger partial charge in [-0.1, -0.05) is 18.2 Å². The predicted octanol–water partition coefficient (Wildman–Crippen LogP) is 3.37. The molecule has 1 N–H and O–H groups in total. The average Bonchev–Trinajstić information content (AvgIpc) is 2.65. The van der Waals surface area contributed by atoms with Gasteiger partial charge in [-0.05, 0) is 30.7 Å². The number of hydrogen-bond acceptors (Lipinski definition) is 4. The van der Waals surface area contributed by atoms with E-state index in [-0.39, 0.29) is 24.0 Å². The second-order valence-corrected chi connectivity index (χ2v) is 6.25. The van der Waals surface area contributed by atoms with Gasteiger partial charge in [0.25, 0.3) is 0 Å². The first kappa shape index (κ1) is 23.0. The molecule has 0 saturated carbocycles. The van der Waals surface area contributed by atoms with Crippen LogP contribution in [0, 0.1) is 0 Å². The molecule has 0 aliphatic heterocycles. The van der Waals surface area contributed by atoms with Crippen LogP contribution in [0.2, 0.25) is 0 Å². The zero-order chi connectivity index (χ0) is 18.9. The summed E-state index contributed by atoms with van der Waals surface area (Å²) in [6.45, 7) is 4.20. The molecule has 0 unspecified atom stereocenters. The van der Waals surface area contributed by atoms with Crippen LogP contribution in [0.4, 0.5) is 5.82 Å². The highest BCUT2D eigenvalue weighted by molar-refractivity contribution is 14.0. The zero-order valence-electron chi connectivity index (χ0n) is 16.8. The molecule has 6 nitrogen and oxygen atoms in total. The number of halogens is 1. The van der Waals surface area contributed by atoms with Gasteiger partial charge in [0.2, 0.25) is 0 Å². The van der Waals surface area contributed by atoms with Gasteiger partial charge in [-0.15, -0.1) is 24.0 Å². The van der Waals surface area contributed by atoms with E-state index >= 15 is 0 Å². The molecule has 0 saturated heterocycles. The van der Waals surface area contributed by atoms with Crippen molar-refractivity contribution in [2.45, 2.75) is 20.0 Å². The summed E-state index contributed by atoms with van der Waals surface area (Å²) in [6.07, 6.45) is 1.83.